The van der Waals surface area contributed by atoms with Gasteiger partial charge >= 0.3 is 12.4 Å². The molecule has 174 valence electrons. The van der Waals surface area contributed by atoms with E-state index in [4.69, 9.17) is 20.8 Å². The zero-order valence-corrected chi connectivity index (χ0v) is 17.7. The van der Waals surface area contributed by atoms with Gasteiger partial charge in [0.25, 0.3) is 0 Å². The van der Waals surface area contributed by atoms with Crippen molar-refractivity contribution in [1.82, 2.24) is 15.5 Å². The summed E-state index contributed by atoms with van der Waals surface area (Å²) in [5.41, 5.74) is 0.776. The molecule has 1 amide bonds. The Morgan fingerprint density at radius 3 is 2.50 bits per heavy atom. The maximum absolute atomic E-state index is 12.1. The van der Waals surface area contributed by atoms with E-state index in [1.165, 1.54) is 0 Å². The van der Waals surface area contributed by atoms with Crippen molar-refractivity contribution in [2.24, 2.45) is 0 Å². The van der Waals surface area contributed by atoms with Gasteiger partial charge in [-0.15, -0.1) is 18.3 Å². The van der Waals surface area contributed by atoms with Gasteiger partial charge in [0.15, 0.2) is 0 Å². The van der Waals surface area contributed by atoms with Crippen molar-refractivity contribution in [2.75, 3.05) is 24.6 Å². The molecule has 2 heterocycles. The van der Waals surface area contributed by atoms with Crippen LogP contribution in [0.3, 0.4) is 0 Å². The van der Waals surface area contributed by atoms with Gasteiger partial charge in [0.05, 0.1) is 12.2 Å². The molecule has 0 spiro atoms. The van der Waals surface area contributed by atoms with Gasteiger partial charge in [-0.05, 0) is 37.1 Å². The largest absolute Gasteiger partial charge is 0.522 e. The second-order valence-electron chi connectivity index (χ2n) is 7.82. The molecule has 1 aliphatic carbocycles. The van der Waals surface area contributed by atoms with Gasteiger partial charge in [-0.3, -0.25) is 9.53 Å². The maximum Gasteiger partial charge on any atom is 0.522 e. The molecule has 8 nitrogen and oxygen atoms in total. The van der Waals surface area contributed by atoms with E-state index in [1.54, 1.807) is 24.3 Å². The molecule has 0 bridgehead atoms. The standard InChI is InChI=1S/C20H22ClF3N4O4/c21-13-3-1-12(2-4-13)18-26-27-19(31-18)28-7-5-14(6-8-28)25-17(29)11-30-15-9-16(10-15)32-20(22,23)24/h1-4,14-16H,5-11H2,(H,25,29)/t15-,16+. The van der Waals surface area contributed by atoms with Crippen molar-refractivity contribution >= 4 is 23.5 Å². The number of rotatable bonds is 7. The highest BCUT2D eigenvalue weighted by Crippen LogP contribution is 2.32. The number of amides is 1. The van der Waals surface area contributed by atoms with E-state index in [0.29, 0.717) is 42.9 Å². The smallest absolute Gasteiger partial charge is 0.403 e. The number of halogens is 4. The highest BCUT2D eigenvalue weighted by atomic mass is 35.5. The third-order valence-corrected chi connectivity index (χ3v) is 5.69. The van der Waals surface area contributed by atoms with Gasteiger partial charge in [0.2, 0.25) is 11.8 Å². The molecule has 1 N–H and O–H groups in total. The number of carbonyl (C=O) groups is 1. The number of anilines is 1. The Hall–Kier alpha value is -2.37. The minimum atomic E-state index is -4.64. The van der Waals surface area contributed by atoms with Crippen LogP contribution in [0, 0.1) is 0 Å². The topological polar surface area (TPSA) is 89.7 Å². The van der Waals surface area contributed by atoms with Crippen LogP contribution < -0.4 is 10.2 Å². The molecule has 12 heteroatoms. The van der Waals surface area contributed by atoms with Crippen molar-refractivity contribution < 1.29 is 31.9 Å². The van der Waals surface area contributed by atoms with E-state index in [9.17, 15) is 18.0 Å². The van der Waals surface area contributed by atoms with Crippen molar-refractivity contribution in [1.29, 1.82) is 0 Å². The highest BCUT2D eigenvalue weighted by Gasteiger charge is 2.40. The van der Waals surface area contributed by atoms with Crippen LogP contribution in [0.15, 0.2) is 28.7 Å². The summed E-state index contributed by atoms with van der Waals surface area (Å²) in [6, 6.07) is 7.50. The number of alkyl halides is 3. The van der Waals surface area contributed by atoms with Gasteiger partial charge in [-0.1, -0.05) is 16.7 Å². The Morgan fingerprint density at radius 2 is 1.84 bits per heavy atom. The van der Waals surface area contributed by atoms with Crippen molar-refractivity contribution in [2.45, 2.75) is 50.3 Å². The molecule has 0 radical (unpaired) electrons. The molecule has 2 fully saturated rings. The van der Waals surface area contributed by atoms with Crippen LogP contribution in [0.4, 0.5) is 19.2 Å². The molecule has 1 aromatic heterocycles. The summed E-state index contributed by atoms with van der Waals surface area (Å²) in [7, 11) is 0. The summed E-state index contributed by atoms with van der Waals surface area (Å²) < 4.78 is 51.3. The summed E-state index contributed by atoms with van der Waals surface area (Å²) in [6.07, 6.45) is -4.27. The van der Waals surface area contributed by atoms with Gasteiger partial charge in [-0.25, -0.2) is 0 Å². The second-order valence-corrected chi connectivity index (χ2v) is 8.25. The Morgan fingerprint density at radius 1 is 1.16 bits per heavy atom. The van der Waals surface area contributed by atoms with E-state index in [2.05, 4.69) is 20.3 Å². The van der Waals surface area contributed by atoms with Crippen LogP contribution in [0.2, 0.25) is 5.02 Å². The Kier molecular flexibility index (Phi) is 6.87. The lowest BCUT2D eigenvalue weighted by atomic mass is 9.92. The fourth-order valence-corrected chi connectivity index (χ4v) is 3.80. The first-order chi connectivity index (χ1) is 15.2. The van der Waals surface area contributed by atoms with Gasteiger partial charge in [0.1, 0.15) is 6.61 Å². The predicted octanol–water partition coefficient (Wildman–Crippen LogP) is 3.56. The quantitative estimate of drug-likeness (QED) is 0.656. The van der Waals surface area contributed by atoms with Crippen LogP contribution in [0.1, 0.15) is 25.7 Å². The van der Waals surface area contributed by atoms with Crippen LogP contribution in [-0.4, -0.2) is 60.4 Å². The number of benzene rings is 1. The highest BCUT2D eigenvalue weighted by molar-refractivity contribution is 6.30. The van der Waals surface area contributed by atoms with Crippen molar-refractivity contribution in [3.63, 3.8) is 0 Å². The Labute approximate surface area is 187 Å². The number of piperidine rings is 1. The van der Waals surface area contributed by atoms with Crippen LogP contribution in [0.25, 0.3) is 11.5 Å². The molecule has 32 heavy (non-hydrogen) atoms. The van der Waals surface area contributed by atoms with E-state index < -0.39 is 12.5 Å². The minimum Gasteiger partial charge on any atom is -0.403 e. The monoisotopic (exact) mass is 474 g/mol. The second kappa shape index (κ2) is 9.63. The summed E-state index contributed by atoms with van der Waals surface area (Å²) in [4.78, 5) is 14.0. The molecule has 2 aliphatic rings. The van der Waals surface area contributed by atoms with Crippen LogP contribution in [0.5, 0.6) is 0 Å². The van der Waals surface area contributed by atoms with Crippen molar-refractivity contribution in [3.8, 4) is 11.5 Å². The molecule has 0 unspecified atom stereocenters. The molecule has 1 aromatic carbocycles. The SMILES string of the molecule is O=C(CO[C@H]1C[C@@H](OC(F)(F)F)C1)NC1CCN(c2nnc(-c3ccc(Cl)cc3)o2)CC1. The molecule has 1 saturated heterocycles. The molecular weight excluding hydrogens is 453 g/mol. The zero-order valence-electron chi connectivity index (χ0n) is 17.0. The van der Waals surface area contributed by atoms with E-state index in [-0.39, 0.29) is 37.5 Å². The first-order valence-electron chi connectivity index (χ1n) is 10.2. The van der Waals surface area contributed by atoms with Gasteiger partial charge in [-0.2, -0.15) is 0 Å². The fourth-order valence-electron chi connectivity index (χ4n) is 3.67. The summed E-state index contributed by atoms with van der Waals surface area (Å²) in [5, 5.41) is 11.7. The number of nitrogens with zero attached hydrogens (tertiary/aromatic N) is 3. The lowest BCUT2D eigenvalue weighted by molar-refractivity contribution is -0.357. The number of hydrogen-bond acceptors (Lipinski definition) is 7. The zero-order chi connectivity index (χ0) is 22.7. The first-order valence-corrected chi connectivity index (χ1v) is 10.6. The summed E-state index contributed by atoms with van der Waals surface area (Å²) in [6.45, 7) is 1.08. The number of nitrogens with one attached hydrogen (secondary N) is 1. The molecule has 0 atom stereocenters. The molecule has 2 aromatic rings. The summed E-state index contributed by atoms with van der Waals surface area (Å²) in [5.74, 6) is 0.120. The number of aromatic nitrogens is 2. The lowest BCUT2D eigenvalue weighted by Crippen LogP contribution is -2.47. The Bertz CT molecular complexity index is 910. The average molecular weight is 475 g/mol. The maximum atomic E-state index is 12.1. The minimum absolute atomic E-state index is 0.0243. The van der Waals surface area contributed by atoms with E-state index >= 15 is 0 Å². The molecular formula is C20H22ClF3N4O4. The summed E-state index contributed by atoms with van der Waals surface area (Å²) >= 11 is 5.89. The molecule has 4 rings (SSSR count). The molecule has 1 aliphatic heterocycles. The van der Waals surface area contributed by atoms with Gasteiger partial charge < -0.3 is 19.4 Å². The normalized spacial score (nSPS) is 21.9. The predicted molar refractivity (Wildman–Crippen MR) is 108 cm³/mol. The third kappa shape index (κ3) is 6.11. The van der Waals surface area contributed by atoms with Crippen LogP contribution in [-0.2, 0) is 14.3 Å². The van der Waals surface area contributed by atoms with E-state index in [1.807, 2.05) is 4.90 Å². The third-order valence-electron chi connectivity index (χ3n) is 5.44. The Balaban J connectivity index is 1.16. The average Bonchev–Trinajstić information content (AvgIpc) is 3.20. The number of hydrogen-bond donors (Lipinski definition) is 1. The first kappa shape index (κ1) is 22.8. The lowest BCUT2D eigenvalue weighted by Gasteiger charge is -2.35. The van der Waals surface area contributed by atoms with Crippen LogP contribution >= 0.6 is 11.6 Å². The number of ether oxygens (including phenoxy) is 2. The van der Waals surface area contributed by atoms with E-state index in [0.717, 1.165) is 5.56 Å². The van der Waals surface area contributed by atoms with Crippen molar-refractivity contribution in [3.05, 3.63) is 29.3 Å². The van der Waals surface area contributed by atoms with Gasteiger partial charge in [0, 0.05) is 42.6 Å². The number of carbonyl (C=O) groups excluding carboxylic acids is 1. The fraction of sp³-hybridized carbons (Fsp3) is 0.550. The molecule has 1 saturated carbocycles.